The van der Waals surface area contributed by atoms with E-state index in [1.807, 2.05) is 0 Å². The van der Waals surface area contributed by atoms with E-state index in [1.165, 1.54) is 22.3 Å². The quantitative estimate of drug-likeness (QED) is 0.799. The molecule has 0 aliphatic carbocycles. The summed E-state index contributed by atoms with van der Waals surface area (Å²) < 4.78 is 0. The van der Waals surface area contributed by atoms with Crippen molar-refractivity contribution in [3.05, 3.63) is 64.7 Å². The highest BCUT2D eigenvalue weighted by molar-refractivity contribution is 7.80. The van der Waals surface area contributed by atoms with E-state index < -0.39 is 0 Å². The third-order valence-corrected chi connectivity index (χ3v) is 4.25. The van der Waals surface area contributed by atoms with Gasteiger partial charge in [-0.15, -0.1) is 0 Å². The molecule has 0 saturated heterocycles. The number of hydrogen-bond acceptors (Lipinski definition) is 1. The van der Waals surface area contributed by atoms with Crippen molar-refractivity contribution in [2.45, 2.75) is 26.8 Å². The average Bonchev–Trinajstić information content (AvgIpc) is 2.45. The van der Waals surface area contributed by atoms with Gasteiger partial charge in [0.1, 0.15) is 0 Å². The van der Waals surface area contributed by atoms with Crippen molar-refractivity contribution in [2.75, 3.05) is 11.9 Å². The Balaban J connectivity index is 1.72. The highest BCUT2D eigenvalue weighted by Gasteiger charge is 2.17. The van der Waals surface area contributed by atoms with Gasteiger partial charge in [-0.25, -0.2) is 0 Å². The van der Waals surface area contributed by atoms with Crippen molar-refractivity contribution in [2.24, 2.45) is 0 Å². The van der Waals surface area contributed by atoms with Crippen LogP contribution in [0.15, 0.2) is 42.5 Å². The summed E-state index contributed by atoms with van der Waals surface area (Å²) in [7, 11) is 0. The van der Waals surface area contributed by atoms with Gasteiger partial charge < -0.3 is 10.2 Å². The Morgan fingerprint density at radius 3 is 2.43 bits per heavy atom. The standard InChI is InChI=1S/C18H20N2S/c1-13-9-14(2)11-17(10-13)19-18(21)20-8-7-15-5-3-4-6-16(15)12-20/h3-6,9-11H,7-8,12H2,1-2H3,(H,19,21). The van der Waals surface area contributed by atoms with Gasteiger partial charge in [-0.3, -0.25) is 0 Å². The van der Waals surface area contributed by atoms with Gasteiger partial charge in [-0.05, 0) is 66.9 Å². The summed E-state index contributed by atoms with van der Waals surface area (Å²) in [6.07, 6.45) is 1.06. The molecule has 0 amide bonds. The van der Waals surface area contributed by atoms with Gasteiger partial charge in [-0.1, -0.05) is 30.3 Å². The van der Waals surface area contributed by atoms with E-state index >= 15 is 0 Å². The molecule has 0 bridgehead atoms. The van der Waals surface area contributed by atoms with Crippen LogP contribution in [-0.4, -0.2) is 16.6 Å². The molecule has 2 aromatic carbocycles. The zero-order chi connectivity index (χ0) is 14.8. The normalized spacial score (nSPS) is 13.7. The first-order valence-corrected chi connectivity index (χ1v) is 7.73. The molecule has 0 saturated carbocycles. The van der Waals surface area contributed by atoms with Crippen LogP contribution in [0.25, 0.3) is 0 Å². The van der Waals surface area contributed by atoms with Crippen molar-refractivity contribution in [1.82, 2.24) is 4.90 Å². The fourth-order valence-electron chi connectivity index (χ4n) is 2.92. The maximum Gasteiger partial charge on any atom is 0.173 e. The number of nitrogens with zero attached hydrogens (tertiary/aromatic N) is 1. The van der Waals surface area contributed by atoms with Gasteiger partial charge in [0.05, 0.1) is 0 Å². The van der Waals surface area contributed by atoms with Gasteiger partial charge in [0.15, 0.2) is 5.11 Å². The van der Waals surface area contributed by atoms with Crippen LogP contribution in [0.2, 0.25) is 0 Å². The molecule has 3 heteroatoms. The summed E-state index contributed by atoms with van der Waals surface area (Å²) in [6, 6.07) is 15.1. The van der Waals surface area contributed by atoms with Crippen molar-refractivity contribution in [3.63, 3.8) is 0 Å². The molecular weight excluding hydrogens is 276 g/mol. The zero-order valence-electron chi connectivity index (χ0n) is 12.5. The molecule has 2 nitrogen and oxygen atoms in total. The molecule has 0 aromatic heterocycles. The largest absolute Gasteiger partial charge is 0.344 e. The van der Waals surface area contributed by atoms with Crippen molar-refractivity contribution in [3.8, 4) is 0 Å². The average molecular weight is 296 g/mol. The molecule has 0 unspecified atom stereocenters. The summed E-state index contributed by atoms with van der Waals surface area (Å²) in [4.78, 5) is 2.25. The number of anilines is 1. The van der Waals surface area contributed by atoms with Crippen LogP contribution in [0.4, 0.5) is 5.69 Å². The van der Waals surface area contributed by atoms with Gasteiger partial charge in [0, 0.05) is 18.8 Å². The van der Waals surface area contributed by atoms with E-state index in [1.54, 1.807) is 0 Å². The van der Waals surface area contributed by atoms with E-state index in [9.17, 15) is 0 Å². The Morgan fingerprint density at radius 2 is 1.71 bits per heavy atom. The van der Waals surface area contributed by atoms with Crippen LogP contribution in [0.1, 0.15) is 22.3 Å². The molecule has 1 aliphatic heterocycles. The minimum absolute atomic E-state index is 0.814. The van der Waals surface area contributed by atoms with Crippen LogP contribution in [0.5, 0.6) is 0 Å². The number of aryl methyl sites for hydroxylation is 2. The van der Waals surface area contributed by atoms with Crippen molar-refractivity contribution in [1.29, 1.82) is 0 Å². The lowest BCUT2D eigenvalue weighted by Crippen LogP contribution is -2.38. The highest BCUT2D eigenvalue weighted by atomic mass is 32.1. The Bertz CT molecular complexity index is 658. The summed E-state index contributed by atoms with van der Waals surface area (Å²) in [6.45, 7) is 6.09. The Kier molecular flexibility index (Phi) is 3.93. The summed E-state index contributed by atoms with van der Waals surface area (Å²) >= 11 is 5.59. The first-order valence-electron chi connectivity index (χ1n) is 7.33. The lowest BCUT2D eigenvalue weighted by atomic mass is 10.0. The number of benzene rings is 2. The van der Waals surface area contributed by atoms with Crippen molar-refractivity contribution < 1.29 is 0 Å². The fraction of sp³-hybridized carbons (Fsp3) is 0.278. The maximum absolute atomic E-state index is 5.59. The van der Waals surface area contributed by atoms with Gasteiger partial charge in [0.2, 0.25) is 0 Å². The second-order valence-corrected chi connectivity index (χ2v) is 6.13. The lowest BCUT2D eigenvalue weighted by Gasteiger charge is -2.31. The molecule has 1 N–H and O–H groups in total. The van der Waals surface area contributed by atoms with Crippen LogP contribution in [0, 0.1) is 13.8 Å². The zero-order valence-corrected chi connectivity index (χ0v) is 13.3. The molecule has 0 radical (unpaired) electrons. The summed E-state index contributed by atoms with van der Waals surface area (Å²) in [5, 5.41) is 4.20. The second kappa shape index (κ2) is 5.86. The first kappa shape index (κ1) is 14.1. The van der Waals surface area contributed by atoms with E-state index in [0.717, 1.165) is 30.3 Å². The van der Waals surface area contributed by atoms with Gasteiger partial charge >= 0.3 is 0 Å². The molecule has 21 heavy (non-hydrogen) atoms. The van der Waals surface area contributed by atoms with Crippen LogP contribution >= 0.6 is 12.2 Å². The number of nitrogens with one attached hydrogen (secondary N) is 1. The third-order valence-electron chi connectivity index (χ3n) is 3.89. The summed E-state index contributed by atoms with van der Waals surface area (Å²) in [5.74, 6) is 0. The Morgan fingerprint density at radius 1 is 1.05 bits per heavy atom. The molecule has 0 fully saturated rings. The molecule has 1 aliphatic rings. The minimum atomic E-state index is 0.814. The Hall–Kier alpha value is -1.87. The maximum atomic E-state index is 5.59. The molecule has 0 atom stereocenters. The lowest BCUT2D eigenvalue weighted by molar-refractivity contribution is 0.399. The Labute approximate surface area is 131 Å². The van der Waals surface area contributed by atoms with E-state index in [-0.39, 0.29) is 0 Å². The predicted molar refractivity (Wildman–Crippen MR) is 92.7 cm³/mol. The number of thiocarbonyl (C=S) groups is 1. The third kappa shape index (κ3) is 3.24. The monoisotopic (exact) mass is 296 g/mol. The van der Waals surface area contributed by atoms with Crippen LogP contribution in [0.3, 0.4) is 0 Å². The summed E-state index contributed by atoms with van der Waals surface area (Å²) in [5.41, 5.74) is 6.42. The number of hydrogen-bond donors (Lipinski definition) is 1. The minimum Gasteiger partial charge on any atom is -0.344 e. The van der Waals surface area contributed by atoms with E-state index in [4.69, 9.17) is 12.2 Å². The molecular formula is C18H20N2S. The van der Waals surface area contributed by atoms with E-state index in [0.29, 0.717) is 0 Å². The number of rotatable bonds is 1. The van der Waals surface area contributed by atoms with E-state index in [2.05, 4.69) is 66.5 Å². The van der Waals surface area contributed by atoms with Gasteiger partial charge in [0.25, 0.3) is 0 Å². The smallest absolute Gasteiger partial charge is 0.173 e. The molecule has 2 aromatic rings. The predicted octanol–water partition coefficient (Wildman–Crippen LogP) is 4.06. The number of fused-ring (bicyclic) bond motifs is 1. The van der Waals surface area contributed by atoms with Crippen LogP contribution in [-0.2, 0) is 13.0 Å². The topological polar surface area (TPSA) is 15.3 Å². The fourth-order valence-corrected chi connectivity index (χ4v) is 3.19. The molecule has 1 heterocycles. The SMILES string of the molecule is Cc1cc(C)cc(NC(=S)N2CCc3ccccc3C2)c1. The second-order valence-electron chi connectivity index (χ2n) is 5.75. The molecule has 0 spiro atoms. The van der Waals surface area contributed by atoms with Gasteiger partial charge in [-0.2, -0.15) is 0 Å². The highest BCUT2D eigenvalue weighted by Crippen LogP contribution is 2.20. The van der Waals surface area contributed by atoms with Crippen LogP contribution < -0.4 is 5.32 Å². The molecule has 3 rings (SSSR count). The first-order chi connectivity index (χ1) is 10.1. The molecule has 108 valence electrons. The van der Waals surface area contributed by atoms with Crippen molar-refractivity contribution >= 4 is 23.0 Å².